The Morgan fingerprint density at radius 3 is 2.00 bits per heavy atom. The lowest BCUT2D eigenvalue weighted by molar-refractivity contribution is 0.354. The van der Waals surface area contributed by atoms with Crippen molar-refractivity contribution in [2.75, 3.05) is 0 Å². The molecule has 0 aromatic carbocycles. The minimum atomic E-state index is 0.631. The van der Waals surface area contributed by atoms with Crippen molar-refractivity contribution in [1.29, 1.82) is 0 Å². The minimum Gasteiger partial charge on any atom is -0.398 e. The van der Waals surface area contributed by atoms with Gasteiger partial charge in [-0.05, 0) is 34.1 Å². The van der Waals surface area contributed by atoms with Gasteiger partial charge in [0.1, 0.15) is 0 Å². The zero-order chi connectivity index (χ0) is 10.9. The zero-order valence-corrected chi connectivity index (χ0v) is 9.89. The van der Waals surface area contributed by atoms with Crippen LogP contribution in [0.15, 0.2) is 28.0 Å². The van der Waals surface area contributed by atoms with E-state index in [2.05, 4.69) is 33.8 Å². The van der Waals surface area contributed by atoms with Crippen LogP contribution in [0.25, 0.3) is 0 Å². The highest BCUT2D eigenvalue weighted by Gasteiger charge is 2.55. The normalized spacial score (nSPS) is 32.0. The van der Waals surface area contributed by atoms with E-state index in [9.17, 15) is 0 Å². The summed E-state index contributed by atoms with van der Waals surface area (Å²) in [5.74, 6) is 2.66. The first kappa shape index (κ1) is 9.26. The van der Waals surface area contributed by atoms with Crippen LogP contribution in [0.3, 0.4) is 0 Å². The summed E-state index contributed by atoms with van der Waals surface area (Å²) in [6.07, 6.45) is 3.38. The van der Waals surface area contributed by atoms with Crippen molar-refractivity contribution in [2.24, 2.45) is 29.4 Å². The maximum atomic E-state index is 6.04. The van der Waals surface area contributed by atoms with Gasteiger partial charge in [0, 0.05) is 23.6 Å². The van der Waals surface area contributed by atoms with Crippen LogP contribution in [0.2, 0.25) is 0 Å². The Morgan fingerprint density at radius 1 is 0.933 bits per heavy atom. The highest BCUT2D eigenvalue weighted by atomic mass is 14.7. The topological polar surface area (TPSA) is 26.0 Å². The molecule has 79 valence electrons. The summed E-state index contributed by atoms with van der Waals surface area (Å²) in [6.45, 7) is 9.15. The number of fused-ring (bicyclic) bond motifs is 1. The fraction of sp³-hybridized carbons (Fsp3) is 0.571. The molecule has 0 heterocycles. The highest BCUT2D eigenvalue weighted by Crippen LogP contribution is 2.66. The van der Waals surface area contributed by atoms with Crippen LogP contribution in [0.5, 0.6) is 0 Å². The molecule has 0 spiro atoms. The van der Waals surface area contributed by atoms with Crippen LogP contribution < -0.4 is 5.73 Å². The van der Waals surface area contributed by atoms with E-state index in [1.165, 1.54) is 11.1 Å². The van der Waals surface area contributed by atoms with E-state index in [1.54, 1.807) is 11.1 Å². The van der Waals surface area contributed by atoms with Gasteiger partial charge in [0.2, 0.25) is 0 Å². The van der Waals surface area contributed by atoms with Crippen LogP contribution in [0, 0.1) is 29.7 Å². The first-order valence-corrected chi connectivity index (χ1v) is 5.92. The Bertz CT molecular complexity index is 432. The van der Waals surface area contributed by atoms with Crippen molar-refractivity contribution in [3.05, 3.63) is 34.1 Å². The third kappa shape index (κ3) is 0.854. The van der Waals surface area contributed by atoms with Crippen molar-refractivity contribution in [3.8, 4) is 0 Å². The predicted octanol–water partition coefficient (Wildman–Crippen LogP) is 2.81. The molecule has 2 unspecified atom stereocenters. The lowest BCUT2D eigenvalue weighted by atomic mass is 9.46. The van der Waals surface area contributed by atoms with Crippen LogP contribution in [-0.4, -0.2) is 0 Å². The third-order valence-corrected chi connectivity index (χ3v) is 4.01. The van der Waals surface area contributed by atoms with Gasteiger partial charge < -0.3 is 5.73 Å². The summed E-state index contributed by atoms with van der Waals surface area (Å²) >= 11 is 0. The molecule has 4 aliphatic rings. The Hall–Kier alpha value is -0.980. The third-order valence-electron chi connectivity index (χ3n) is 4.01. The lowest BCUT2D eigenvalue weighted by Gasteiger charge is -2.57. The van der Waals surface area contributed by atoms with E-state index < -0.39 is 0 Å². The second-order valence-corrected chi connectivity index (χ2v) is 5.64. The largest absolute Gasteiger partial charge is 0.398 e. The van der Waals surface area contributed by atoms with Gasteiger partial charge in [0.25, 0.3) is 0 Å². The molecule has 4 rings (SSSR count). The molecule has 1 heteroatoms. The summed E-state index contributed by atoms with van der Waals surface area (Å²) in [4.78, 5) is 0. The first-order chi connectivity index (χ1) is 7.04. The van der Waals surface area contributed by atoms with Crippen molar-refractivity contribution in [1.82, 2.24) is 0 Å². The van der Waals surface area contributed by atoms with E-state index in [0.717, 1.165) is 5.70 Å². The molecule has 0 aromatic heterocycles. The number of nitrogens with two attached hydrogens (primary N) is 1. The Kier molecular flexibility index (Phi) is 1.59. The number of hydrogen-bond acceptors (Lipinski definition) is 1. The average Bonchev–Trinajstić information content (AvgIpc) is 2.09. The molecular formula is C14H18N. The quantitative estimate of drug-likeness (QED) is 0.728. The molecule has 15 heavy (non-hydrogen) atoms. The Morgan fingerprint density at radius 2 is 1.53 bits per heavy atom. The second-order valence-electron chi connectivity index (χ2n) is 5.64. The van der Waals surface area contributed by atoms with Gasteiger partial charge in [-0.3, -0.25) is 0 Å². The summed E-state index contributed by atoms with van der Waals surface area (Å²) in [5.41, 5.74) is 13.0. The smallest absolute Gasteiger partial charge is 0.0439 e. The van der Waals surface area contributed by atoms with Crippen LogP contribution in [0.4, 0.5) is 0 Å². The van der Waals surface area contributed by atoms with E-state index in [-0.39, 0.29) is 0 Å². The molecule has 0 saturated carbocycles. The SMILES string of the molecule is CC(C)C1C2=[C]C(N)=C3C1=C2C3C(C)C. The van der Waals surface area contributed by atoms with E-state index in [0.29, 0.717) is 23.7 Å². The standard InChI is InChI=1S/C14H18N/c1-6(2)10-8-5-9(15)13-11(7(3)4)12(8)14(10)13/h6-7,10-11H,15H2,1-4H3. The first-order valence-electron chi connectivity index (χ1n) is 5.92. The number of hydrogen-bond donors (Lipinski definition) is 1. The van der Waals surface area contributed by atoms with Gasteiger partial charge in [-0.2, -0.15) is 0 Å². The molecule has 1 radical (unpaired) electrons. The summed E-state index contributed by atoms with van der Waals surface area (Å²) in [7, 11) is 0. The van der Waals surface area contributed by atoms with Crippen LogP contribution >= 0.6 is 0 Å². The summed E-state index contributed by atoms with van der Waals surface area (Å²) < 4.78 is 0. The number of allylic oxidation sites excluding steroid dienone is 5. The van der Waals surface area contributed by atoms with Gasteiger partial charge in [-0.15, -0.1) is 0 Å². The molecule has 1 nitrogen and oxygen atoms in total. The molecule has 0 amide bonds. The number of rotatable bonds is 2. The van der Waals surface area contributed by atoms with Crippen molar-refractivity contribution >= 4 is 0 Å². The zero-order valence-electron chi connectivity index (χ0n) is 9.89. The van der Waals surface area contributed by atoms with E-state index in [4.69, 9.17) is 5.73 Å². The Labute approximate surface area is 91.7 Å². The summed E-state index contributed by atoms with van der Waals surface area (Å²) in [5, 5.41) is 0. The molecular weight excluding hydrogens is 182 g/mol. The lowest BCUT2D eigenvalue weighted by Crippen LogP contribution is -2.47. The fourth-order valence-electron chi connectivity index (χ4n) is 3.43. The van der Waals surface area contributed by atoms with Gasteiger partial charge in [0.05, 0.1) is 0 Å². The fourth-order valence-corrected chi connectivity index (χ4v) is 3.43. The van der Waals surface area contributed by atoms with Crippen LogP contribution in [-0.2, 0) is 0 Å². The van der Waals surface area contributed by atoms with Crippen molar-refractivity contribution in [2.45, 2.75) is 27.7 Å². The van der Waals surface area contributed by atoms with E-state index in [1.807, 2.05) is 0 Å². The van der Waals surface area contributed by atoms with Gasteiger partial charge in [0.15, 0.2) is 0 Å². The minimum absolute atomic E-state index is 0.631. The molecule has 4 aliphatic carbocycles. The average molecular weight is 200 g/mol. The molecule has 0 saturated heterocycles. The van der Waals surface area contributed by atoms with Gasteiger partial charge in [-0.1, -0.05) is 27.7 Å². The monoisotopic (exact) mass is 200 g/mol. The second kappa shape index (κ2) is 2.58. The molecule has 0 aliphatic heterocycles. The Balaban J connectivity index is 2.06. The predicted molar refractivity (Wildman–Crippen MR) is 61.7 cm³/mol. The molecule has 0 aromatic rings. The van der Waals surface area contributed by atoms with Crippen LogP contribution in [0.1, 0.15) is 27.7 Å². The highest BCUT2D eigenvalue weighted by molar-refractivity contribution is 5.76. The van der Waals surface area contributed by atoms with Crippen molar-refractivity contribution < 1.29 is 0 Å². The maximum absolute atomic E-state index is 6.04. The summed E-state index contributed by atoms with van der Waals surface area (Å²) in [6, 6.07) is 0. The molecule has 2 N–H and O–H groups in total. The molecule has 4 bridgehead atoms. The van der Waals surface area contributed by atoms with Crippen molar-refractivity contribution in [3.63, 3.8) is 0 Å². The van der Waals surface area contributed by atoms with E-state index >= 15 is 0 Å². The maximum Gasteiger partial charge on any atom is 0.0439 e. The molecule has 2 atom stereocenters. The van der Waals surface area contributed by atoms with Gasteiger partial charge in [-0.25, -0.2) is 0 Å². The molecule has 0 fully saturated rings. The van der Waals surface area contributed by atoms with Gasteiger partial charge >= 0.3 is 0 Å².